The summed E-state index contributed by atoms with van der Waals surface area (Å²) in [6.07, 6.45) is -1.81. The van der Waals surface area contributed by atoms with Crippen LogP contribution in [0.1, 0.15) is 20.8 Å². The quantitative estimate of drug-likeness (QED) is 0.617. The van der Waals surface area contributed by atoms with Gasteiger partial charge in [-0.2, -0.15) is 5.26 Å². The average Bonchev–Trinajstić information content (AvgIpc) is 2.43. The second-order valence-corrected chi connectivity index (χ2v) is 4.64. The highest BCUT2D eigenvalue weighted by Gasteiger charge is 2.37. The van der Waals surface area contributed by atoms with Gasteiger partial charge in [-0.05, 0) is 20.8 Å². The number of amides is 1. The lowest BCUT2D eigenvalue weighted by atomic mass is 10.1. The molecular formula is C10H15FN2O2. The number of rotatable bonds is 0. The topological polar surface area (TPSA) is 53.3 Å². The van der Waals surface area contributed by atoms with Crippen LogP contribution in [0.25, 0.3) is 0 Å². The molecule has 84 valence electrons. The van der Waals surface area contributed by atoms with E-state index < -0.39 is 23.8 Å². The minimum absolute atomic E-state index is 0.0485. The lowest BCUT2D eigenvalue weighted by Crippen LogP contribution is -2.35. The van der Waals surface area contributed by atoms with Gasteiger partial charge in [0.2, 0.25) is 0 Å². The van der Waals surface area contributed by atoms with Crippen molar-refractivity contribution < 1.29 is 13.9 Å². The van der Waals surface area contributed by atoms with Crippen LogP contribution in [0.3, 0.4) is 0 Å². The van der Waals surface area contributed by atoms with Crippen LogP contribution in [0.5, 0.6) is 0 Å². The molecule has 1 rings (SSSR count). The first-order valence-corrected chi connectivity index (χ1v) is 4.85. The average molecular weight is 214 g/mol. The van der Waals surface area contributed by atoms with Crippen LogP contribution in [0.4, 0.5) is 9.18 Å². The van der Waals surface area contributed by atoms with Crippen LogP contribution in [-0.2, 0) is 4.74 Å². The van der Waals surface area contributed by atoms with E-state index in [1.807, 2.05) is 6.07 Å². The van der Waals surface area contributed by atoms with Crippen LogP contribution in [0.2, 0.25) is 0 Å². The summed E-state index contributed by atoms with van der Waals surface area (Å²) >= 11 is 0. The molecule has 1 aliphatic rings. The molecule has 0 aromatic carbocycles. The van der Waals surface area contributed by atoms with E-state index >= 15 is 0 Å². The molecule has 1 amide bonds. The van der Waals surface area contributed by atoms with Gasteiger partial charge in [-0.1, -0.05) is 0 Å². The van der Waals surface area contributed by atoms with E-state index in [1.54, 1.807) is 20.8 Å². The number of carbonyl (C=O) groups excluding carboxylic acids is 1. The fourth-order valence-corrected chi connectivity index (χ4v) is 1.36. The van der Waals surface area contributed by atoms with E-state index in [1.165, 1.54) is 4.90 Å². The predicted octanol–water partition coefficient (Wildman–Crippen LogP) is 1.71. The van der Waals surface area contributed by atoms with E-state index in [0.717, 1.165) is 0 Å². The Hall–Kier alpha value is -1.31. The number of carbonyl (C=O) groups is 1. The third kappa shape index (κ3) is 3.08. The molecule has 2 atom stereocenters. The molecule has 0 aromatic heterocycles. The standard InChI is InChI=1S/C10H15FN2O2/c1-10(2,3)15-9(14)13-5-7(4-12)8(11)6-13/h7-8H,5-6H2,1-3H3/t7-,8-/m1/s1. The summed E-state index contributed by atoms with van der Waals surface area (Å²) in [7, 11) is 0. The van der Waals surface area contributed by atoms with Crippen molar-refractivity contribution in [3.05, 3.63) is 0 Å². The van der Waals surface area contributed by atoms with Crippen LogP contribution >= 0.6 is 0 Å². The van der Waals surface area contributed by atoms with Crippen molar-refractivity contribution in [3.63, 3.8) is 0 Å². The van der Waals surface area contributed by atoms with Crippen molar-refractivity contribution in [2.75, 3.05) is 13.1 Å². The Kier molecular flexibility index (Phi) is 3.18. The number of likely N-dealkylation sites (tertiary alicyclic amines) is 1. The van der Waals surface area contributed by atoms with E-state index in [0.29, 0.717) is 0 Å². The summed E-state index contributed by atoms with van der Waals surface area (Å²) in [5, 5.41) is 8.60. The summed E-state index contributed by atoms with van der Waals surface area (Å²) in [4.78, 5) is 12.7. The zero-order valence-electron chi connectivity index (χ0n) is 9.16. The molecule has 4 nitrogen and oxygen atoms in total. The predicted molar refractivity (Wildman–Crippen MR) is 51.8 cm³/mol. The Bertz CT molecular complexity index is 293. The fourth-order valence-electron chi connectivity index (χ4n) is 1.36. The van der Waals surface area contributed by atoms with Crippen molar-refractivity contribution in [3.8, 4) is 6.07 Å². The van der Waals surface area contributed by atoms with Crippen LogP contribution in [-0.4, -0.2) is 35.9 Å². The van der Waals surface area contributed by atoms with Gasteiger partial charge in [0.1, 0.15) is 11.8 Å². The molecule has 1 saturated heterocycles. The largest absolute Gasteiger partial charge is 0.444 e. The Morgan fingerprint density at radius 1 is 1.53 bits per heavy atom. The fraction of sp³-hybridized carbons (Fsp3) is 0.800. The molecule has 0 saturated carbocycles. The Balaban J connectivity index is 2.54. The molecule has 1 heterocycles. The molecule has 15 heavy (non-hydrogen) atoms. The van der Waals surface area contributed by atoms with E-state index in [2.05, 4.69) is 0 Å². The van der Waals surface area contributed by atoms with Gasteiger partial charge in [0, 0.05) is 6.54 Å². The molecule has 0 bridgehead atoms. The molecule has 5 heteroatoms. The highest BCUT2D eigenvalue weighted by molar-refractivity contribution is 5.68. The van der Waals surface area contributed by atoms with Crippen molar-refractivity contribution in [1.82, 2.24) is 4.90 Å². The maximum atomic E-state index is 13.2. The highest BCUT2D eigenvalue weighted by Crippen LogP contribution is 2.21. The Morgan fingerprint density at radius 3 is 2.53 bits per heavy atom. The number of nitriles is 1. The summed E-state index contributed by atoms with van der Waals surface area (Å²) in [5.74, 6) is -0.725. The first kappa shape index (κ1) is 11.8. The summed E-state index contributed by atoms with van der Waals surface area (Å²) in [5.41, 5.74) is -0.590. The van der Waals surface area contributed by atoms with Crippen LogP contribution in [0.15, 0.2) is 0 Å². The van der Waals surface area contributed by atoms with Gasteiger partial charge in [0.25, 0.3) is 0 Å². The van der Waals surface area contributed by atoms with E-state index in [4.69, 9.17) is 10.00 Å². The summed E-state index contributed by atoms with van der Waals surface area (Å²) < 4.78 is 18.2. The zero-order valence-corrected chi connectivity index (χ0v) is 9.16. The molecule has 1 aliphatic heterocycles. The summed E-state index contributed by atoms with van der Waals surface area (Å²) in [6.45, 7) is 5.31. The van der Waals surface area contributed by atoms with Crippen LogP contribution in [0, 0.1) is 17.2 Å². The minimum Gasteiger partial charge on any atom is -0.444 e. The third-order valence-corrected chi connectivity index (χ3v) is 2.07. The monoisotopic (exact) mass is 214 g/mol. The SMILES string of the molecule is CC(C)(C)OC(=O)N1C[C@@H](F)[C@H](C#N)C1. The smallest absolute Gasteiger partial charge is 0.410 e. The number of hydrogen-bond donors (Lipinski definition) is 0. The number of halogens is 1. The molecule has 0 unspecified atom stereocenters. The first-order valence-electron chi connectivity index (χ1n) is 4.85. The van der Waals surface area contributed by atoms with Gasteiger partial charge in [0.15, 0.2) is 0 Å². The van der Waals surface area contributed by atoms with Gasteiger partial charge in [-0.15, -0.1) is 0 Å². The third-order valence-electron chi connectivity index (χ3n) is 2.07. The second kappa shape index (κ2) is 4.05. The van der Waals surface area contributed by atoms with Gasteiger partial charge >= 0.3 is 6.09 Å². The lowest BCUT2D eigenvalue weighted by Gasteiger charge is -2.23. The number of hydrogen-bond acceptors (Lipinski definition) is 3. The Labute approximate surface area is 88.6 Å². The minimum atomic E-state index is -1.26. The van der Waals surface area contributed by atoms with E-state index in [9.17, 15) is 9.18 Å². The van der Waals surface area contributed by atoms with Gasteiger partial charge in [-0.3, -0.25) is 0 Å². The normalized spacial score (nSPS) is 26.2. The zero-order chi connectivity index (χ0) is 11.6. The maximum absolute atomic E-state index is 13.2. The van der Waals surface area contributed by atoms with Crippen molar-refractivity contribution in [2.24, 2.45) is 5.92 Å². The lowest BCUT2D eigenvalue weighted by molar-refractivity contribution is 0.0282. The van der Waals surface area contributed by atoms with Gasteiger partial charge < -0.3 is 9.64 Å². The molecule has 1 fully saturated rings. The first-order chi connectivity index (χ1) is 6.83. The second-order valence-electron chi connectivity index (χ2n) is 4.64. The van der Waals surface area contributed by atoms with Crippen molar-refractivity contribution in [2.45, 2.75) is 32.5 Å². The number of ether oxygens (including phenoxy) is 1. The van der Waals surface area contributed by atoms with E-state index in [-0.39, 0.29) is 13.1 Å². The molecule has 0 spiro atoms. The highest BCUT2D eigenvalue weighted by atomic mass is 19.1. The molecular weight excluding hydrogens is 199 g/mol. The molecule has 0 aliphatic carbocycles. The van der Waals surface area contributed by atoms with Gasteiger partial charge in [0.05, 0.1) is 18.5 Å². The molecule has 0 aromatic rings. The molecule has 0 N–H and O–H groups in total. The Morgan fingerprint density at radius 2 is 2.13 bits per heavy atom. The summed E-state index contributed by atoms with van der Waals surface area (Å²) in [6, 6.07) is 1.84. The number of alkyl halides is 1. The maximum Gasteiger partial charge on any atom is 0.410 e. The molecule has 0 radical (unpaired) electrons. The number of nitrogens with zero attached hydrogens (tertiary/aromatic N) is 2. The van der Waals surface area contributed by atoms with Crippen molar-refractivity contribution >= 4 is 6.09 Å². The van der Waals surface area contributed by atoms with Crippen molar-refractivity contribution in [1.29, 1.82) is 5.26 Å². The van der Waals surface area contributed by atoms with Crippen LogP contribution < -0.4 is 0 Å². The van der Waals surface area contributed by atoms with Gasteiger partial charge in [-0.25, -0.2) is 9.18 Å².